The first-order valence-electron chi connectivity index (χ1n) is 1.41. The standard InChI is InChI=1S/C2H5NO2.Al.2H2O/c3-1-2(4)5;;;/h1,3H2,(H,4,5);;2*1H2/q;+1;;/p-1. The monoisotopic (exact) mass is 137 g/mol. The van der Waals surface area contributed by atoms with Gasteiger partial charge in [0.15, 0.2) is 0 Å². The molecule has 0 atom stereocenters. The van der Waals surface area contributed by atoms with Crippen LogP contribution in [-0.2, 0) is 8.58 Å². The molecule has 0 aromatic heterocycles. The highest BCUT2D eigenvalue weighted by atomic mass is 27.1. The van der Waals surface area contributed by atoms with Gasteiger partial charge in [0.1, 0.15) is 0 Å². The molecule has 2 radical (unpaired) electrons. The average Bonchev–Trinajstić information content (AvgIpc) is 1.65. The number of carbonyl (C=O) groups is 1. The molecule has 6 heteroatoms. The minimum Gasteiger partial charge on any atom is -0.627 e. The van der Waals surface area contributed by atoms with Gasteiger partial charge in [-0.05, 0) is 0 Å². The highest BCUT2D eigenvalue weighted by molar-refractivity contribution is 6.05. The first kappa shape index (κ1) is 15.7. The number of hydrogen-bond donors (Lipinski definition) is 1. The van der Waals surface area contributed by atoms with E-state index in [0.29, 0.717) is 0 Å². The average molecular weight is 137 g/mol. The van der Waals surface area contributed by atoms with Crippen molar-refractivity contribution in [2.75, 3.05) is 6.54 Å². The maximum Gasteiger partial charge on any atom is 0.484 e. The van der Waals surface area contributed by atoms with Gasteiger partial charge in [-0.1, -0.05) is 0 Å². The first-order valence-corrected chi connectivity index (χ1v) is 1.88. The number of hydrogen-bond acceptors (Lipinski definition) is 3. The first-order chi connectivity index (χ1) is 2.81. The van der Waals surface area contributed by atoms with E-state index < -0.39 is 5.97 Å². The fraction of sp³-hybridized carbons (Fsp3) is 0.500. The molecule has 0 saturated heterocycles. The van der Waals surface area contributed by atoms with Crippen LogP contribution in [0, 0.1) is 0 Å². The van der Waals surface area contributed by atoms with E-state index in [0.717, 1.165) is 0 Å². The summed E-state index contributed by atoms with van der Waals surface area (Å²) in [5.41, 5.74) is 4.79. The highest BCUT2D eigenvalue weighted by Gasteiger charge is 1.86. The quantitative estimate of drug-likeness (QED) is 0.386. The number of rotatable bonds is 1. The summed E-state index contributed by atoms with van der Waals surface area (Å²) < 4.78 is 4.05. The summed E-state index contributed by atoms with van der Waals surface area (Å²) in [6.45, 7) is -0.0521. The molecule has 0 aliphatic rings. The Morgan fingerprint density at radius 2 is 2.00 bits per heavy atom. The molecule has 0 rings (SSSR count). The van der Waals surface area contributed by atoms with Crippen LogP contribution in [-0.4, -0.2) is 40.1 Å². The molecule has 0 aliphatic heterocycles. The fourth-order valence-corrected chi connectivity index (χ4v) is 0.144. The van der Waals surface area contributed by atoms with Crippen LogP contribution in [0.25, 0.3) is 0 Å². The van der Waals surface area contributed by atoms with Gasteiger partial charge in [-0.3, -0.25) is 4.79 Å². The number of nitrogens with two attached hydrogens (primary N) is 1. The molecule has 0 aromatic rings. The molecule has 0 aromatic carbocycles. The van der Waals surface area contributed by atoms with E-state index in [4.69, 9.17) is 5.73 Å². The molecule has 48 valence electrons. The predicted molar refractivity (Wildman–Crippen MR) is 28.1 cm³/mol. The Morgan fingerprint density at radius 3 is 2.00 bits per heavy atom. The van der Waals surface area contributed by atoms with Crippen LogP contribution in [0.4, 0.5) is 0 Å². The van der Waals surface area contributed by atoms with E-state index in [-0.39, 0.29) is 17.5 Å². The predicted octanol–water partition coefficient (Wildman–Crippen LogP) is -3.08. The molecule has 0 bridgehead atoms. The molecule has 0 unspecified atom stereocenters. The third kappa shape index (κ3) is 9.30. The molecule has 0 spiro atoms. The van der Waals surface area contributed by atoms with Crippen molar-refractivity contribution in [1.29, 1.82) is 0 Å². The van der Waals surface area contributed by atoms with Crippen molar-refractivity contribution < 1.29 is 19.5 Å². The van der Waals surface area contributed by atoms with Crippen LogP contribution < -0.4 is 5.73 Å². The zero-order valence-electron chi connectivity index (χ0n) is 4.18. The fourth-order valence-electron chi connectivity index (χ4n) is 0.0481. The Labute approximate surface area is 55.2 Å². The summed E-state index contributed by atoms with van der Waals surface area (Å²) >= 11 is 1.81. The molecule has 0 fully saturated rings. The van der Waals surface area contributed by atoms with Crippen molar-refractivity contribution in [2.24, 2.45) is 5.73 Å². The molecule has 0 aliphatic carbocycles. The smallest absolute Gasteiger partial charge is 0.484 e. The van der Waals surface area contributed by atoms with E-state index in [1.807, 2.05) is 16.6 Å². The van der Waals surface area contributed by atoms with Gasteiger partial charge in [-0.2, -0.15) is 0 Å². The van der Waals surface area contributed by atoms with Crippen molar-refractivity contribution in [1.82, 2.24) is 0 Å². The summed E-state index contributed by atoms with van der Waals surface area (Å²) in [6.07, 6.45) is 0. The summed E-state index contributed by atoms with van der Waals surface area (Å²) in [7, 11) is 0. The minimum atomic E-state index is -0.417. The maximum absolute atomic E-state index is 9.81. The van der Waals surface area contributed by atoms with Crippen LogP contribution in [0.3, 0.4) is 0 Å². The molecule has 8 heavy (non-hydrogen) atoms. The van der Waals surface area contributed by atoms with Crippen molar-refractivity contribution in [3.63, 3.8) is 0 Å². The molecule has 0 heterocycles. The van der Waals surface area contributed by atoms with Gasteiger partial charge >= 0.3 is 16.6 Å². The number of carbonyl (C=O) groups excluding carboxylic acids is 1. The lowest BCUT2D eigenvalue weighted by molar-refractivity contribution is -0.132. The van der Waals surface area contributed by atoms with Gasteiger partial charge in [0.05, 0.1) is 6.54 Å². The van der Waals surface area contributed by atoms with Crippen LogP contribution in [0.1, 0.15) is 0 Å². The van der Waals surface area contributed by atoms with Crippen LogP contribution >= 0.6 is 0 Å². The van der Waals surface area contributed by atoms with Gasteiger partial charge in [0, 0.05) is 0 Å². The van der Waals surface area contributed by atoms with E-state index in [1.54, 1.807) is 0 Å². The maximum atomic E-state index is 9.81. The lowest BCUT2D eigenvalue weighted by Crippen LogP contribution is -2.14. The Bertz CT molecular complexity index is 52.0. The normalized spacial score (nSPS) is 5.62. The summed E-state index contributed by atoms with van der Waals surface area (Å²) in [5.74, 6) is -0.417. The second-order valence-corrected chi connectivity index (χ2v) is 0.930. The summed E-state index contributed by atoms with van der Waals surface area (Å²) in [4.78, 5) is 9.81. The summed E-state index contributed by atoms with van der Waals surface area (Å²) in [6, 6.07) is 0. The molecule has 0 saturated carbocycles. The Hall–Kier alpha value is -0.118. The third-order valence-corrected chi connectivity index (χ3v) is 0.561. The molecular formula is C2H8AlNO4. The second kappa shape index (κ2) is 9.99. The molecular weight excluding hydrogens is 129 g/mol. The van der Waals surface area contributed by atoms with Gasteiger partial charge in [-0.25, -0.2) is 0 Å². The van der Waals surface area contributed by atoms with Crippen molar-refractivity contribution >= 4 is 22.6 Å². The van der Waals surface area contributed by atoms with E-state index >= 15 is 0 Å². The van der Waals surface area contributed by atoms with Gasteiger partial charge < -0.3 is 20.5 Å². The van der Waals surface area contributed by atoms with Crippen LogP contribution in [0.15, 0.2) is 0 Å². The zero-order chi connectivity index (χ0) is 4.99. The van der Waals surface area contributed by atoms with Gasteiger partial charge in [0.25, 0.3) is 5.97 Å². The Balaban J connectivity index is -0.000000125. The largest absolute Gasteiger partial charge is 0.627 e. The minimum absolute atomic E-state index is 0. The van der Waals surface area contributed by atoms with Crippen LogP contribution in [0.2, 0.25) is 0 Å². The van der Waals surface area contributed by atoms with Crippen molar-refractivity contribution in [3.8, 4) is 0 Å². The SMILES string of the molecule is NCC(=O)[O][Al].O.O. The van der Waals surface area contributed by atoms with E-state index in [9.17, 15) is 4.79 Å². The molecule has 5 nitrogen and oxygen atoms in total. The summed E-state index contributed by atoms with van der Waals surface area (Å²) in [5, 5.41) is 0. The van der Waals surface area contributed by atoms with Gasteiger partial charge in [0.2, 0.25) is 0 Å². The van der Waals surface area contributed by atoms with E-state index in [1.165, 1.54) is 0 Å². The van der Waals surface area contributed by atoms with Gasteiger partial charge in [-0.15, -0.1) is 0 Å². The zero-order valence-corrected chi connectivity index (χ0v) is 5.33. The lowest BCUT2D eigenvalue weighted by Gasteiger charge is -1.91. The second-order valence-electron chi connectivity index (χ2n) is 0.694. The molecule has 6 N–H and O–H groups in total. The Morgan fingerprint density at radius 1 is 1.62 bits per heavy atom. The third-order valence-electron chi connectivity index (χ3n) is 0.298. The lowest BCUT2D eigenvalue weighted by atomic mass is 10.7. The van der Waals surface area contributed by atoms with Crippen molar-refractivity contribution in [3.05, 3.63) is 0 Å². The Kier molecular flexibility index (Phi) is 19.6. The van der Waals surface area contributed by atoms with Crippen molar-refractivity contribution in [2.45, 2.75) is 0 Å². The van der Waals surface area contributed by atoms with E-state index in [2.05, 4.69) is 3.79 Å². The highest BCUT2D eigenvalue weighted by Crippen LogP contribution is 1.59. The molecule has 0 amide bonds. The topological polar surface area (TPSA) is 115 Å². The van der Waals surface area contributed by atoms with Crippen LogP contribution in [0.5, 0.6) is 0 Å².